The molecule has 1 aliphatic rings. The molecule has 1 aliphatic heterocycles. The van der Waals surface area contributed by atoms with Crippen LogP contribution < -0.4 is 11.1 Å². The maximum absolute atomic E-state index is 13.2. The third-order valence-electron chi connectivity index (χ3n) is 7.03. The van der Waals surface area contributed by atoms with Crippen LogP contribution in [0, 0.1) is 0 Å². The molecule has 0 aromatic heterocycles. The van der Waals surface area contributed by atoms with E-state index < -0.39 is 11.7 Å². The standard InChI is InChI=1S/C19H30N2O2.C11H17FN4O.C2H6/c1-4-16(5-2)21(6-3)17-11-13-20(14-12-17)19(23)15-7-9-18(22)10-8-15;1-6(2)8(4)15-9(7(3)12)10(17)16-11(13)14-5;1-2/h7-10,16-17,22H,4-6,11-14H2,1-3H3;1H2,2-5H3,(H3,13,14,16,17);1-2H3/b;9-7+,15-8?;. The van der Waals surface area contributed by atoms with Crippen LogP contribution in [0.15, 0.2) is 57.9 Å². The number of rotatable bonds is 9. The Bertz CT molecular complexity index is 1080. The molecule has 0 unspecified atom stereocenters. The Kier molecular flexibility index (Phi) is 18.7. The van der Waals surface area contributed by atoms with Crippen LogP contribution in [0.3, 0.4) is 0 Å². The van der Waals surface area contributed by atoms with Crippen molar-refractivity contribution in [2.45, 2.75) is 93.2 Å². The van der Waals surface area contributed by atoms with Gasteiger partial charge < -0.3 is 15.7 Å². The predicted octanol–water partition coefficient (Wildman–Crippen LogP) is 5.82. The number of benzene rings is 1. The van der Waals surface area contributed by atoms with E-state index >= 15 is 0 Å². The lowest BCUT2D eigenvalue weighted by molar-refractivity contribution is -0.116. The van der Waals surface area contributed by atoms with Crippen LogP contribution >= 0.6 is 0 Å². The number of nitrogens with one attached hydrogen (secondary N) is 1. The van der Waals surface area contributed by atoms with Gasteiger partial charge in [0.05, 0.1) is 0 Å². The third kappa shape index (κ3) is 12.5. The molecule has 0 bridgehead atoms. The Hall–Kier alpha value is -3.53. The van der Waals surface area contributed by atoms with E-state index in [0.29, 0.717) is 28.9 Å². The van der Waals surface area contributed by atoms with Crippen molar-refractivity contribution in [3.8, 4) is 5.75 Å². The summed E-state index contributed by atoms with van der Waals surface area (Å²) in [6.45, 7) is 21.6. The Morgan fingerprint density at radius 3 is 2.05 bits per heavy atom. The van der Waals surface area contributed by atoms with Crippen molar-refractivity contribution in [2.75, 3.05) is 26.7 Å². The van der Waals surface area contributed by atoms with Crippen molar-refractivity contribution in [3.05, 3.63) is 53.5 Å². The van der Waals surface area contributed by atoms with Crippen molar-refractivity contribution in [1.29, 1.82) is 0 Å². The quantitative estimate of drug-likeness (QED) is 0.191. The van der Waals surface area contributed by atoms with Crippen LogP contribution in [0.4, 0.5) is 4.39 Å². The summed E-state index contributed by atoms with van der Waals surface area (Å²) in [7, 11) is 1.41. The molecule has 1 fully saturated rings. The van der Waals surface area contributed by atoms with E-state index in [1.165, 1.54) is 19.9 Å². The zero-order chi connectivity index (χ0) is 32.4. The number of halogens is 1. The van der Waals surface area contributed by atoms with Crippen LogP contribution in [0.2, 0.25) is 0 Å². The van der Waals surface area contributed by atoms with Gasteiger partial charge in [0.2, 0.25) is 0 Å². The maximum atomic E-state index is 13.2. The molecular formula is C32H53FN6O3. The second-order valence-electron chi connectivity index (χ2n) is 9.79. The minimum Gasteiger partial charge on any atom is -0.508 e. The topological polar surface area (TPSA) is 124 Å². The van der Waals surface area contributed by atoms with Gasteiger partial charge in [-0.05, 0) is 82.8 Å². The highest BCUT2D eigenvalue weighted by molar-refractivity contribution is 6.08. The zero-order valence-electron chi connectivity index (χ0n) is 27.1. The zero-order valence-corrected chi connectivity index (χ0v) is 27.1. The average Bonchev–Trinajstić information content (AvgIpc) is 2.99. The number of nitrogens with zero attached hydrogens (tertiary/aromatic N) is 4. The van der Waals surface area contributed by atoms with Gasteiger partial charge in [0.25, 0.3) is 11.8 Å². The van der Waals surface area contributed by atoms with E-state index in [9.17, 15) is 19.1 Å². The molecule has 2 amide bonds. The molecule has 0 atom stereocenters. The lowest BCUT2D eigenvalue weighted by Gasteiger charge is -2.41. The van der Waals surface area contributed by atoms with Crippen molar-refractivity contribution < 1.29 is 19.1 Å². The van der Waals surface area contributed by atoms with Gasteiger partial charge in [0.15, 0.2) is 11.7 Å². The SMILES string of the molecule is C=C(C)C(C)=N/C(C(=O)NC(N)=NC)=C(\C)F.CC.CCC(CC)N(CC)C1CCN(C(=O)c2ccc(O)cc2)CC1. The van der Waals surface area contributed by atoms with E-state index in [4.69, 9.17) is 5.73 Å². The molecule has 9 nitrogen and oxygen atoms in total. The van der Waals surface area contributed by atoms with Gasteiger partial charge in [-0.3, -0.25) is 24.8 Å². The monoisotopic (exact) mass is 588 g/mol. The number of guanidine groups is 1. The highest BCUT2D eigenvalue weighted by Gasteiger charge is 2.29. The molecule has 0 spiro atoms. The highest BCUT2D eigenvalue weighted by Crippen LogP contribution is 2.23. The molecule has 1 aromatic carbocycles. The van der Waals surface area contributed by atoms with E-state index in [1.807, 2.05) is 18.7 Å². The van der Waals surface area contributed by atoms with Gasteiger partial charge in [-0.2, -0.15) is 0 Å². The number of carbonyl (C=O) groups excluding carboxylic acids is 2. The summed E-state index contributed by atoms with van der Waals surface area (Å²) in [5.74, 6) is -1.27. The fourth-order valence-electron chi connectivity index (χ4n) is 4.54. The van der Waals surface area contributed by atoms with Gasteiger partial charge in [-0.25, -0.2) is 9.38 Å². The second kappa shape index (κ2) is 20.4. The third-order valence-corrected chi connectivity index (χ3v) is 7.03. The first-order valence-electron chi connectivity index (χ1n) is 14.8. The Labute approximate surface area is 252 Å². The Morgan fingerprint density at radius 2 is 1.64 bits per heavy atom. The van der Waals surface area contributed by atoms with E-state index in [0.717, 1.165) is 39.4 Å². The van der Waals surface area contributed by atoms with Gasteiger partial charge in [0.1, 0.15) is 11.6 Å². The molecule has 236 valence electrons. The number of nitrogens with two attached hydrogens (primary N) is 1. The molecule has 1 saturated heterocycles. The first-order valence-corrected chi connectivity index (χ1v) is 14.8. The first kappa shape index (κ1) is 38.5. The average molecular weight is 589 g/mol. The number of hydrogen-bond acceptors (Lipinski definition) is 6. The predicted molar refractivity (Wildman–Crippen MR) is 173 cm³/mol. The van der Waals surface area contributed by atoms with Crippen molar-refractivity contribution in [2.24, 2.45) is 15.7 Å². The van der Waals surface area contributed by atoms with Crippen molar-refractivity contribution in [1.82, 2.24) is 15.1 Å². The highest BCUT2D eigenvalue weighted by atomic mass is 19.1. The summed E-state index contributed by atoms with van der Waals surface area (Å²) in [5.41, 5.74) is 6.75. The summed E-state index contributed by atoms with van der Waals surface area (Å²) >= 11 is 0. The molecule has 10 heteroatoms. The van der Waals surface area contributed by atoms with Gasteiger partial charge in [-0.15, -0.1) is 0 Å². The molecule has 42 heavy (non-hydrogen) atoms. The number of phenols is 1. The summed E-state index contributed by atoms with van der Waals surface area (Å²) < 4.78 is 13.2. The summed E-state index contributed by atoms with van der Waals surface area (Å²) in [6.07, 6.45) is 4.48. The van der Waals surface area contributed by atoms with Gasteiger partial charge >= 0.3 is 0 Å². The number of aliphatic imine (C=N–C) groups is 2. The lowest BCUT2D eigenvalue weighted by Crippen LogP contribution is -2.49. The van der Waals surface area contributed by atoms with Crippen LogP contribution in [0.1, 0.15) is 91.4 Å². The Morgan fingerprint density at radius 1 is 1.12 bits per heavy atom. The van der Waals surface area contributed by atoms with Crippen LogP contribution in [0.25, 0.3) is 0 Å². The molecular weight excluding hydrogens is 535 g/mol. The molecule has 0 radical (unpaired) electrons. The van der Waals surface area contributed by atoms with Crippen LogP contribution in [-0.4, -0.2) is 77.2 Å². The molecule has 1 heterocycles. The minimum absolute atomic E-state index is 0.0778. The van der Waals surface area contributed by atoms with E-state index in [1.54, 1.807) is 38.1 Å². The van der Waals surface area contributed by atoms with Crippen LogP contribution in [0.5, 0.6) is 5.75 Å². The number of carbonyl (C=O) groups is 2. The first-order chi connectivity index (χ1) is 19.9. The van der Waals surface area contributed by atoms with Crippen molar-refractivity contribution >= 4 is 23.5 Å². The second-order valence-corrected chi connectivity index (χ2v) is 9.79. The molecule has 2 rings (SSSR count). The lowest BCUT2D eigenvalue weighted by atomic mass is 9.98. The Balaban J connectivity index is 0.000000791. The number of allylic oxidation sites excluding steroid dienone is 2. The largest absolute Gasteiger partial charge is 0.508 e. The number of piperidine rings is 1. The van der Waals surface area contributed by atoms with E-state index in [2.05, 4.69) is 47.6 Å². The fourth-order valence-corrected chi connectivity index (χ4v) is 4.54. The number of amides is 2. The molecule has 0 saturated carbocycles. The fraction of sp³-hybridized carbons (Fsp3) is 0.562. The number of likely N-dealkylation sites (tertiary alicyclic amines) is 1. The maximum Gasteiger partial charge on any atom is 0.279 e. The summed E-state index contributed by atoms with van der Waals surface area (Å²) in [6, 6.07) is 7.80. The van der Waals surface area contributed by atoms with Gasteiger partial charge in [0, 0.05) is 43.5 Å². The molecule has 1 aromatic rings. The smallest absolute Gasteiger partial charge is 0.279 e. The van der Waals surface area contributed by atoms with Crippen LogP contribution in [-0.2, 0) is 4.79 Å². The minimum atomic E-state index is -0.742. The number of phenolic OH excluding ortho intramolecular Hbond substituents is 1. The number of hydrogen-bond donors (Lipinski definition) is 3. The normalized spacial score (nSPS) is 14.8. The van der Waals surface area contributed by atoms with Crippen molar-refractivity contribution in [3.63, 3.8) is 0 Å². The van der Waals surface area contributed by atoms with Gasteiger partial charge in [-0.1, -0.05) is 41.2 Å². The van der Waals surface area contributed by atoms with E-state index in [-0.39, 0.29) is 23.3 Å². The molecule has 0 aliphatic carbocycles. The summed E-state index contributed by atoms with van der Waals surface area (Å²) in [4.78, 5) is 36.1. The molecule has 4 N–H and O–H groups in total. The summed E-state index contributed by atoms with van der Waals surface area (Å²) in [5, 5.41) is 11.5. The number of aromatic hydroxyl groups is 1.